The van der Waals surface area contributed by atoms with E-state index in [1.54, 1.807) is 7.11 Å². The Hall–Kier alpha value is -2.33. The van der Waals surface area contributed by atoms with Crippen molar-refractivity contribution in [1.82, 2.24) is 5.32 Å². The van der Waals surface area contributed by atoms with Crippen molar-refractivity contribution in [1.29, 1.82) is 0 Å². The summed E-state index contributed by atoms with van der Waals surface area (Å²) < 4.78 is 10.9. The summed E-state index contributed by atoms with van der Waals surface area (Å²) in [5.74, 6) is 0.795. The fraction of sp³-hybridized carbons (Fsp3) is 0.316. The number of carbonyl (C=O) groups is 1. The molecule has 2 aromatic carbocycles. The van der Waals surface area contributed by atoms with Gasteiger partial charge in [-0.1, -0.05) is 36.4 Å². The van der Waals surface area contributed by atoms with Crippen molar-refractivity contribution in [3.05, 3.63) is 65.2 Å². The number of hydrogen-bond acceptors (Lipinski definition) is 3. The summed E-state index contributed by atoms with van der Waals surface area (Å²) in [6, 6.07) is 15.8. The maximum absolute atomic E-state index is 12.1. The van der Waals surface area contributed by atoms with Crippen LogP contribution in [0, 0.1) is 0 Å². The highest BCUT2D eigenvalue weighted by molar-refractivity contribution is 5.78. The molecule has 0 aromatic heterocycles. The van der Waals surface area contributed by atoms with Gasteiger partial charge in [0.1, 0.15) is 11.9 Å². The standard InChI is InChI=1S/C19H21NO3/c1-22-16-8-6-14(7-9-16)12-19(21)20-13-18-17-5-3-2-4-15(17)10-11-23-18/h2-9,18H,10-13H2,1H3,(H,20,21)/t18-/m1/s1. The van der Waals surface area contributed by atoms with Gasteiger partial charge in [0, 0.05) is 6.54 Å². The van der Waals surface area contributed by atoms with Gasteiger partial charge < -0.3 is 14.8 Å². The summed E-state index contributed by atoms with van der Waals surface area (Å²) in [6.45, 7) is 1.21. The molecule has 3 rings (SSSR count). The number of benzene rings is 2. The van der Waals surface area contributed by atoms with E-state index in [-0.39, 0.29) is 12.0 Å². The first-order valence-corrected chi connectivity index (χ1v) is 7.85. The van der Waals surface area contributed by atoms with E-state index >= 15 is 0 Å². The van der Waals surface area contributed by atoms with E-state index in [4.69, 9.17) is 9.47 Å². The average Bonchev–Trinajstić information content (AvgIpc) is 2.60. The fourth-order valence-electron chi connectivity index (χ4n) is 2.84. The van der Waals surface area contributed by atoms with Crippen LogP contribution in [0.4, 0.5) is 0 Å². The highest BCUT2D eigenvalue weighted by Crippen LogP contribution is 2.26. The Balaban J connectivity index is 1.55. The number of hydrogen-bond donors (Lipinski definition) is 1. The van der Waals surface area contributed by atoms with Crippen molar-refractivity contribution < 1.29 is 14.3 Å². The summed E-state index contributed by atoms with van der Waals surface area (Å²) in [6.07, 6.45) is 1.24. The van der Waals surface area contributed by atoms with Crippen LogP contribution in [0.15, 0.2) is 48.5 Å². The van der Waals surface area contributed by atoms with Crippen LogP contribution in [0.25, 0.3) is 0 Å². The summed E-state index contributed by atoms with van der Waals surface area (Å²) >= 11 is 0. The second-order valence-corrected chi connectivity index (χ2v) is 5.64. The third kappa shape index (κ3) is 3.90. The van der Waals surface area contributed by atoms with Crippen LogP contribution >= 0.6 is 0 Å². The second-order valence-electron chi connectivity index (χ2n) is 5.64. The third-order valence-corrected chi connectivity index (χ3v) is 4.10. The summed E-state index contributed by atoms with van der Waals surface area (Å²) in [4.78, 5) is 12.1. The molecular formula is C19H21NO3. The fourth-order valence-corrected chi connectivity index (χ4v) is 2.84. The molecule has 120 valence electrons. The Morgan fingerprint density at radius 2 is 2.00 bits per heavy atom. The minimum atomic E-state index is -0.0558. The predicted octanol–water partition coefficient (Wildman–Crippen LogP) is 2.67. The van der Waals surface area contributed by atoms with E-state index in [1.807, 2.05) is 36.4 Å². The molecule has 4 nitrogen and oxygen atoms in total. The SMILES string of the molecule is COc1ccc(CC(=O)NC[C@H]2OCCc3ccccc32)cc1. The summed E-state index contributed by atoms with van der Waals surface area (Å²) in [7, 11) is 1.63. The highest BCUT2D eigenvalue weighted by Gasteiger charge is 2.20. The molecule has 1 heterocycles. The van der Waals surface area contributed by atoms with E-state index < -0.39 is 0 Å². The number of fused-ring (bicyclic) bond motifs is 1. The molecule has 0 radical (unpaired) electrons. The van der Waals surface area contributed by atoms with Crippen molar-refractivity contribution in [3.63, 3.8) is 0 Å². The quantitative estimate of drug-likeness (QED) is 0.923. The molecule has 0 spiro atoms. The van der Waals surface area contributed by atoms with Gasteiger partial charge in [0.05, 0.1) is 20.1 Å². The van der Waals surface area contributed by atoms with Crippen molar-refractivity contribution >= 4 is 5.91 Å². The van der Waals surface area contributed by atoms with E-state index in [9.17, 15) is 4.79 Å². The van der Waals surface area contributed by atoms with Crippen LogP contribution in [-0.2, 0) is 22.4 Å². The lowest BCUT2D eigenvalue weighted by Crippen LogP contribution is -2.32. The molecule has 23 heavy (non-hydrogen) atoms. The monoisotopic (exact) mass is 311 g/mol. The number of nitrogens with one attached hydrogen (secondary N) is 1. The molecule has 1 N–H and O–H groups in total. The normalized spacial score (nSPS) is 16.5. The van der Waals surface area contributed by atoms with Crippen LogP contribution in [0.3, 0.4) is 0 Å². The number of amides is 1. The maximum atomic E-state index is 12.1. The number of ether oxygens (including phenoxy) is 2. The van der Waals surface area contributed by atoms with Gasteiger partial charge in [-0.05, 0) is 35.2 Å². The molecule has 2 aromatic rings. The molecule has 0 bridgehead atoms. The zero-order chi connectivity index (χ0) is 16.1. The van der Waals surface area contributed by atoms with Crippen LogP contribution in [0.5, 0.6) is 5.75 Å². The summed E-state index contributed by atoms with van der Waals surface area (Å²) in [5, 5.41) is 2.98. The molecule has 0 saturated heterocycles. The van der Waals surface area contributed by atoms with Crippen LogP contribution in [0.2, 0.25) is 0 Å². The zero-order valence-corrected chi connectivity index (χ0v) is 13.2. The van der Waals surface area contributed by atoms with Crippen molar-refractivity contribution in [2.24, 2.45) is 0 Å². The maximum Gasteiger partial charge on any atom is 0.224 e. The number of rotatable bonds is 5. The Kier molecular flexibility index (Phi) is 4.93. The molecule has 0 aliphatic carbocycles. The van der Waals surface area contributed by atoms with Gasteiger partial charge in [0.15, 0.2) is 0 Å². The van der Waals surface area contributed by atoms with Gasteiger partial charge in [-0.2, -0.15) is 0 Å². The molecule has 0 saturated carbocycles. The Morgan fingerprint density at radius 1 is 1.22 bits per heavy atom. The molecule has 1 aliphatic rings. The van der Waals surface area contributed by atoms with E-state index in [0.29, 0.717) is 19.6 Å². The Bertz CT molecular complexity index is 667. The molecule has 1 amide bonds. The molecular weight excluding hydrogens is 290 g/mol. The van der Waals surface area contributed by atoms with Crippen molar-refractivity contribution in [2.45, 2.75) is 18.9 Å². The van der Waals surface area contributed by atoms with Gasteiger partial charge in [-0.3, -0.25) is 4.79 Å². The van der Waals surface area contributed by atoms with Crippen LogP contribution < -0.4 is 10.1 Å². The zero-order valence-electron chi connectivity index (χ0n) is 13.2. The van der Waals surface area contributed by atoms with E-state index in [1.165, 1.54) is 11.1 Å². The lowest BCUT2D eigenvalue weighted by atomic mass is 9.97. The van der Waals surface area contributed by atoms with E-state index in [2.05, 4.69) is 17.4 Å². The van der Waals surface area contributed by atoms with Crippen molar-refractivity contribution in [2.75, 3.05) is 20.3 Å². The Labute approximate surface area is 136 Å². The molecule has 4 heteroatoms. The molecule has 0 unspecified atom stereocenters. The predicted molar refractivity (Wildman–Crippen MR) is 88.5 cm³/mol. The van der Waals surface area contributed by atoms with Crippen molar-refractivity contribution in [3.8, 4) is 5.75 Å². The second kappa shape index (κ2) is 7.29. The highest BCUT2D eigenvalue weighted by atomic mass is 16.5. The van der Waals surface area contributed by atoms with Gasteiger partial charge in [0.2, 0.25) is 5.91 Å². The van der Waals surface area contributed by atoms with Crippen LogP contribution in [0.1, 0.15) is 22.8 Å². The Morgan fingerprint density at radius 3 is 2.78 bits per heavy atom. The first-order chi connectivity index (χ1) is 11.3. The van der Waals surface area contributed by atoms with Gasteiger partial charge in [0.25, 0.3) is 0 Å². The largest absolute Gasteiger partial charge is 0.497 e. The molecule has 1 aliphatic heterocycles. The third-order valence-electron chi connectivity index (χ3n) is 4.10. The smallest absolute Gasteiger partial charge is 0.224 e. The van der Waals surface area contributed by atoms with Gasteiger partial charge in [-0.25, -0.2) is 0 Å². The number of carbonyl (C=O) groups excluding carboxylic acids is 1. The molecule has 1 atom stereocenters. The average molecular weight is 311 g/mol. The lowest BCUT2D eigenvalue weighted by Gasteiger charge is -2.26. The minimum Gasteiger partial charge on any atom is -0.497 e. The minimum absolute atomic E-state index is 0.00169. The topological polar surface area (TPSA) is 47.6 Å². The first kappa shape index (κ1) is 15.6. The number of methoxy groups -OCH3 is 1. The van der Waals surface area contributed by atoms with Gasteiger partial charge in [-0.15, -0.1) is 0 Å². The molecule has 0 fully saturated rings. The summed E-state index contributed by atoms with van der Waals surface area (Å²) in [5.41, 5.74) is 3.46. The lowest BCUT2D eigenvalue weighted by molar-refractivity contribution is -0.121. The van der Waals surface area contributed by atoms with Gasteiger partial charge >= 0.3 is 0 Å². The first-order valence-electron chi connectivity index (χ1n) is 7.85. The van der Waals surface area contributed by atoms with E-state index in [0.717, 1.165) is 17.7 Å². The van der Waals surface area contributed by atoms with Crippen LogP contribution in [-0.4, -0.2) is 26.2 Å².